The standard InChI is InChI=1S/C20H24N6O2S/c1-13-24-25-20(29-13)23-19-11-21-10-15(22-19)16-6-5-9-26(16)12-14-17(27-2)7-4-8-18(14)28-3/h4,7-8,10-11,16H,5-6,9,12H2,1-3H3,(H,22,23,25). The van der Waals surface area contributed by atoms with E-state index in [0.29, 0.717) is 5.82 Å². The molecule has 3 aromatic rings. The van der Waals surface area contributed by atoms with Crippen LogP contribution in [-0.4, -0.2) is 45.8 Å². The first kappa shape index (κ1) is 19.5. The summed E-state index contributed by atoms with van der Waals surface area (Å²) in [5.41, 5.74) is 2.00. The Morgan fingerprint density at radius 2 is 1.97 bits per heavy atom. The van der Waals surface area contributed by atoms with E-state index >= 15 is 0 Å². The zero-order valence-corrected chi connectivity index (χ0v) is 17.6. The first-order chi connectivity index (χ1) is 14.2. The van der Waals surface area contributed by atoms with Crippen LogP contribution in [0.1, 0.15) is 35.1 Å². The zero-order chi connectivity index (χ0) is 20.2. The second kappa shape index (κ2) is 8.71. The number of ether oxygens (including phenoxy) is 2. The minimum atomic E-state index is 0.190. The maximum atomic E-state index is 5.57. The van der Waals surface area contributed by atoms with Gasteiger partial charge in [0.05, 0.1) is 43.9 Å². The van der Waals surface area contributed by atoms with Crippen LogP contribution in [0.5, 0.6) is 11.5 Å². The van der Waals surface area contributed by atoms with Crippen LogP contribution in [0.4, 0.5) is 10.9 Å². The minimum absolute atomic E-state index is 0.190. The molecule has 0 radical (unpaired) electrons. The number of benzene rings is 1. The van der Waals surface area contributed by atoms with E-state index in [2.05, 4.69) is 25.4 Å². The molecule has 29 heavy (non-hydrogen) atoms. The average Bonchev–Trinajstić information content (AvgIpc) is 3.37. The lowest BCUT2D eigenvalue weighted by Crippen LogP contribution is -2.24. The lowest BCUT2D eigenvalue weighted by molar-refractivity contribution is 0.236. The van der Waals surface area contributed by atoms with Gasteiger partial charge in [-0.25, -0.2) is 4.98 Å². The smallest absolute Gasteiger partial charge is 0.211 e. The van der Waals surface area contributed by atoms with Crippen molar-refractivity contribution in [1.82, 2.24) is 25.1 Å². The summed E-state index contributed by atoms with van der Waals surface area (Å²) in [7, 11) is 3.38. The molecule has 0 bridgehead atoms. The topological polar surface area (TPSA) is 85.3 Å². The molecule has 1 saturated heterocycles. The van der Waals surface area contributed by atoms with Gasteiger partial charge in [-0.2, -0.15) is 0 Å². The second-order valence-corrected chi connectivity index (χ2v) is 8.03. The molecule has 1 unspecified atom stereocenters. The van der Waals surface area contributed by atoms with Crippen molar-refractivity contribution in [2.45, 2.75) is 32.4 Å². The van der Waals surface area contributed by atoms with Gasteiger partial charge >= 0.3 is 0 Å². The Morgan fingerprint density at radius 1 is 1.17 bits per heavy atom. The first-order valence-electron chi connectivity index (χ1n) is 9.51. The molecule has 3 heterocycles. The van der Waals surface area contributed by atoms with E-state index in [1.165, 1.54) is 11.3 Å². The lowest BCUT2D eigenvalue weighted by Gasteiger charge is -2.25. The van der Waals surface area contributed by atoms with Gasteiger partial charge < -0.3 is 14.8 Å². The van der Waals surface area contributed by atoms with Crippen molar-refractivity contribution in [2.75, 3.05) is 26.1 Å². The van der Waals surface area contributed by atoms with Gasteiger partial charge in [-0.3, -0.25) is 9.88 Å². The lowest BCUT2D eigenvalue weighted by atomic mass is 10.1. The van der Waals surface area contributed by atoms with E-state index in [1.54, 1.807) is 20.4 Å². The quantitative estimate of drug-likeness (QED) is 0.628. The highest BCUT2D eigenvalue weighted by Gasteiger charge is 2.29. The average molecular weight is 413 g/mol. The largest absolute Gasteiger partial charge is 0.496 e. The van der Waals surface area contributed by atoms with Crippen molar-refractivity contribution in [3.8, 4) is 11.5 Å². The molecule has 0 saturated carbocycles. The third-order valence-corrected chi connectivity index (χ3v) is 5.76. The number of nitrogens with one attached hydrogen (secondary N) is 1. The van der Waals surface area contributed by atoms with Crippen LogP contribution in [0, 0.1) is 6.92 Å². The Labute approximate surface area is 173 Å². The van der Waals surface area contributed by atoms with E-state index in [1.807, 2.05) is 31.3 Å². The van der Waals surface area contributed by atoms with Gasteiger partial charge in [0.15, 0.2) is 5.82 Å². The van der Waals surface area contributed by atoms with E-state index in [9.17, 15) is 0 Å². The summed E-state index contributed by atoms with van der Waals surface area (Å²) in [6.07, 6.45) is 5.70. The number of hydrogen-bond acceptors (Lipinski definition) is 9. The predicted octanol–water partition coefficient (Wildman–Crippen LogP) is 3.73. The van der Waals surface area contributed by atoms with Gasteiger partial charge in [0.1, 0.15) is 16.5 Å². The molecule has 0 spiro atoms. The molecule has 9 heteroatoms. The van der Waals surface area contributed by atoms with E-state index in [-0.39, 0.29) is 6.04 Å². The zero-order valence-electron chi connectivity index (χ0n) is 16.8. The van der Waals surface area contributed by atoms with Crippen LogP contribution in [0.15, 0.2) is 30.6 Å². The summed E-state index contributed by atoms with van der Waals surface area (Å²) in [6.45, 7) is 3.64. The molecule has 2 aromatic heterocycles. The molecular formula is C20H24N6O2S. The fourth-order valence-corrected chi connectivity index (χ4v) is 4.29. The molecule has 1 aliphatic rings. The van der Waals surface area contributed by atoms with Gasteiger partial charge in [0, 0.05) is 6.54 Å². The monoisotopic (exact) mass is 412 g/mol. The van der Waals surface area contributed by atoms with E-state index in [0.717, 1.165) is 58.8 Å². The number of aryl methyl sites for hydroxylation is 1. The summed E-state index contributed by atoms with van der Waals surface area (Å²) in [5, 5.41) is 13.0. The third kappa shape index (κ3) is 4.30. The molecule has 1 aromatic carbocycles. The second-order valence-electron chi connectivity index (χ2n) is 6.85. The highest BCUT2D eigenvalue weighted by molar-refractivity contribution is 7.15. The van der Waals surface area contributed by atoms with Gasteiger partial charge in [0.25, 0.3) is 0 Å². The van der Waals surface area contributed by atoms with Gasteiger partial charge in [-0.05, 0) is 38.4 Å². The Hall–Kier alpha value is -2.78. The minimum Gasteiger partial charge on any atom is -0.496 e. The number of nitrogens with zero attached hydrogens (tertiary/aromatic N) is 5. The normalized spacial score (nSPS) is 16.7. The van der Waals surface area contributed by atoms with Crippen LogP contribution >= 0.6 is 11.3 Å². The Bertz CT molecular complexity index is 957. The van der Waals surface area contributed by atoms with Crippen molar-refractivity contribution in [3.63, 3.8) is 0 Å². The number of methoxy groups -OCH3 is 2. The van der Waals surface area contributed by atoms with Crippen molar-refractivity contribution in [1.29, 1.82) is 0 Å². The van der Waals surface area contributed by atoms with Crippen LogP contribution in [0.2, 0.25) is 0 Å². The molecule has 1 N–H and O–H groups in total. The molecular weight excluding hydrogens is 388 g/mol. The summed E-state index contributed by atoms with van der Waals surface area (Å²) < 4.78 is 11.1. The molecule has 8 nitrogen and oxygen atoms in total. The molecule has 0 aliphatic carbocycles. The number of rotatable bonds is 7. The van der Waals surface area contributed by atoms with E-state index in [4.69, 9.17) is 14.5 Å². The van der Waals surface area contributed by atoms with Gasteiger partial charge in [-0.15, -0.1) is 10.2 Å². The van der Waals surface area contributed by atoms with Crippen LogP contribution in [0.3, 0.4) is 0 Å². The van der Waals surface area contributed by atoms with Crippen molar-refractivity contribution < 1.29 is 9.47 Å². The molecule has 0 amide bonds. The summed E-state index contributed by atoms with van der Waals surface area (Å²) in [6, 6.07) is 6.07. The number of likely N-dealkylation sites (tertiary alicyclic amines) is 1. The van der Waals surface area contributed by atoms with Gasteiger partial charge in [0.2, 0.25) is 5.13 Å². The number of hydrogen-bond donors (Lipinski definition) is 1. The highest BCUT2D eigenvalue weighted by Crippen LogP contribution is 2.37. The third-order valence-electron chi connectivity index (χ3n) is 5.01. The summed E-state index contributed by atoms with van der Waals surface area (Å²) in [5.74, 6) is 2.35. The predicted molar refractivity (Wildman–Crippen MR) is 112 cm³/mol. The highest BCUT2D eigenvalue weighted by atomic mass is 32.1. The maximum absolute atomic E-state index is 5.57. The van der Waals surface area contributed by atoms with Crippen molar-refractivity contribution in [3.05, 3.63) is 46.9 Å². The molecule has 152 valence electrons. The molecule has 1 aliphatic heterocycles. The molecule has 1 fully saturated rings. The van der Waals surface area contributed by atoms with Crippen molar-refractivity contribution >= 4 is 22.3 Å². The van der Waals surface area contributed by atoms with Gasteiger partial charge in [-0.1, -0.05) is 17.4 Å². The Kier molecular flexibility index (Phi) is 5.86. The Morgan fingerprint density at radius 3 is 2.66 bits per heavy atom. The van der Waals surface area contributed by atoms with Crippen LogP contribution in [0.25, 0.3) is 0 Å². The first-order valence-corrected chi connectivity index (χ1v) is 10.3. The molecule has 4 rings (SSSR count). The fourth-order valence-electron chi connectivity index (χ4n) is 3.70. The van der Waals surface area contributed by atoms with E-state index < -0.39 is 0 Å². The molecule has 1 atom stereocenters. The maximum Gasteiger partial charge on any atom is 0.211 e. The SMILES string of the molecule is COc1cccc(OC)c1CN1CCCC1c1cncc(Nc2nnc(C)s2)n1. The van der Waals surface area contributed by atoms with Crippen LogP contribution < -0.4 is 14.8 Å². The Balaban J connectivity index is 1.55. The number of anilines is 2. The summed E-state index contributed by atoms with van der Waals surface area (Å²) >= 11 is 1.49. The van der Waals surface area contributed by atoms with Crippen LogP contribution in [-0.2, 0) is 6.54 Å². The summed E-state index contributed by atoms with van der Waals surface area (Å²) in [4.78, 5) is 11.6. The fraction of sp³-hybridized carbons (Fsp3) is 0.400. The number of aromatic nitrogens is 4. The van der Waals surface area contributed by atoms with Crippen molar-refractivity contribution in [2.24, 2.45) is 0 Å².